The fourth-order valence-electron chi connectivity index (χ4n) is 3.33. The molecule has 1 unspecified atom stereocenters. The molecule has 0 bridgehead atoms. The summed E-state index contributed by atoms with van der Waals surface area (Å²) in [6.45, 7) is 4.16. The SMILES string of the molecule is CC1(c2ccccc2)CNCC2(CCCC2)O1. The zero-order valence-corrected chi connectivity index (χ0v) is 10.5. The van der Waals surface area contributed by atoms with Crippen LogP contribution in [0.4, 0.5) is 0 Å². The Kier molecular flexibility index (Phi) is 2.72. The lowest BCUT2D eigenvalue weighted by molar-refractivity contribution is -0.172. The largest absolute Gasteiger partial charge is 0.361 e. The lowest BCUT2D eigenvalue weighted by Gasteiger charge is -2.46. The number of morpholine rings is 1. The summed E-state index contributed by atoms with van der Waals surface area (Å²) in [6, 6.07) is 10.6. The van der Waals surface area contributed by atoms with Crippen molar-refractivity contribution in [2.24, 2.45) is 0 Å². The molecule has 1 N–H and O–H groups in total. The Balaban J connectivity index is 1.87. The van der Waals surface area contributed by atoms with Gasteiger partial charge in [-0.15, -0.1) is 0 Å². The van der Waals surface area contributed by atoms with Gasteiger partial charge in [0, 0.05) is 13.1 Å². The molecule has 2 heteroatoms. The standard InChI is InChI=1S/C15H21NO/c1-14(13-7-3-2-4-8-13)11-16-12-15(17-14)9-5-6-10-15/h2-4,7-8,16H,5-6,9-12H2,1H3. The van der Waals surface area contributed by atoms with Crippen LogP contribution in [-0.2, 0) is 10.3 Å². The van der Waals surface area contributed by atoms with E-state index in [0.717, 1.165) is 13.1 Å². The van der Waals surface area contributed by atoms with Gasteiger partial charge in [-0.3, -0.25) is 0 Å². The van der Waals surface area contributed by atoms with Crippen LogP contribution in [-0.4, -0.2) is 18.7 Å². The van der Waals surface area contributed by atoms with E-state index in [1.807, 2.05) is 0 Å². The van der Waals surface area contributed by atoms with Crippen LogP contribution in [0.1, 0.15) is 38.2 Å². The molecule has 1 aliphatic heterocycles. The van der Waals surface area contributed by atoms with Crippen molar-refractivity contribution in [3.63, 3.8) is 0 Å². The Morgan fingerprint density at radius 3 is 2.47 bits per heavy atom. The highest BCUT2D eigenvalue weighted by Crippen LogP contribution is 2.41. The van der Waals surface area contributed by atoms with Crippen molar-refractivity contribution in [3.05, 3.63) is 35.9 Å². The minimum absolute atomic E-state index is 0.100. The van der Waals surface area contributed by atoms with Crippen LogP contribution in [0.3, 0.4) is 0 Å². The van der Waals surface area contributed by atoms with Crippen LogP contribution >= 0.6 is 0 Å². The van der Waals surface area contributed by atoms with Gasteiger partial charge < -0.3 is 10.1 Å². The first kappa shape index (κ1) is 11.2. The normalized spacial score (nSPS) is 31.8. The van der Waals surface area contributed by atoms with Gasteiger partial charge in [-0.1, -0.05) is 43.2 Å². The highest BCUT2D eigenvalue weighted by Gasteiger charge is 2.45. The molecule has 2 aliphatic rings. The Morgan fingerprint density at radius 2 is 1.76 bits per heavy atom. The molecule has 1 aromatic rings. The molecule has 1 heterocycles. The van der Waals surface area contributed by atoms with Crippen LogP contribution in [0.2, 0.25) is 0 Å². The summed E-state index contributed by atoms with van der Waals surface area (Å²) in [7, 11) is 0. The predicted octanol–water partition coefficient (Wildman–Crippen LogP) is 2.83. The second-order valence-electron chi connectivity index (χ2n) is 5.69. The van der Waals surface area contributed by atoms with E-state index in [1.165, 1.54) is 31.2 Å². The average molecular weight is 231 g/mol. The Morgan fingerprint density at radius 1 is 1.06 bits per heavy atom. The zero-order valence-electron chi connectivity index (χ0n) is 10.5. The van der Waals surface area contributed by atoms with Crippen LogP contribution in [0.5, 0.6) is 0 Å². The van der Waals surface area contributed by atoms with Crippen molar-refractivity contribution in [1.82, 2.24) is 5.32 Å². The first-order valence-electron chi connectivity index (χ1n) is 6.69. The van der Waals surface area contributed by atoms with Gasteiger partial charge in [-0.05, 0) is 25.3 Å². The number of rotatable bonds is 1. The fraction of sp³-hybridized carbons (Fsp3) is 0.600. The maximum Gasteiger partial charge on any atom is 0.103 e. The van der Waals surface area contributed by atoms with Gasteiger partial charge >= 0.3 is 0 Å². The molecule has 1 atom stereocenters. The van der Waals surface area contributed by atoms with Crippen molar-refractivity contribution in [3.8, 4) is 0 Å². The Labute approximate surface area is 103 Å². The minimum Gasteiger partial charge on any atom is -0.361 e. The molecule has 92 valence electrons. The second-order valence-corrected chi connectivity index (χ2v) is 5.69. The maximum atomic E-state index is 6.55. The minimum atomic E-state index is -0.163. The first-order valence-corrected chi connectivity index (χ1v) is 6.69. The Hall–Kier alpha value is -0.860. The third kappa shape index (κ3) is 2.00. The van der Waals surface area contributed by atoms with E-state index in [-0.39, 0.29) is 11.2 Å². The molecule has 1 saturated carbocycles. The molecule has 1 saturated heterocycles. The molecule has 0 aromatic heterocycles. The second kappa shape index (κ2) is 4.11. The predicted molar refractivity (Wildman–Crippen MR) is 68.9 cm³/mol. The summed E-state index contributed by atoms with van der Waals surface area (Å²) in [5.74, 6) is 0. The Bertz CT molecular complexity index is 383. The smallest absolute Gasteiger partial charge is 0.103 e. The average Bonchev–Trinajstić information content (AvgIpc) is 2.78. The van der Waals surface area contributed by atoms with E-state index in [4.69, 9.17) is 4.74 Å². The third-order valence-corrected chi connectivity index (χ3v) is 4.25. The number of ether oxygens (including phenoxy) is 1. The van der Waals surface area contributed by atoms with E-state index >= 15 is 0 Å². The zero-order chi connectivity index (χ0) is 11.8. The van der Waals surface area contributed by atoms with E-state index in [9.17, 15) is 0 Å². The highest BCUT2D eigenvalue weighted by atomic mass is 16.5. The van der Waals surface area contributed by atoms with E-state index in [1.54, 1.807) is 0 Å². The third-order valence-electron chi connectivity index (χ3n) is 4.25. The van der Waals surface area contributed by atoms with Gasteiger partial charge in [-0.2, -0.15) is 0 Å². The maximum absolute atomic E-state index is 6.55. The molecular formula is C15H21NO. The molecule has 17 heavy (non-hydrogen) atoms. The highest BCUT2D eigenvalue weighted by molar-refractivity contribution is 5.23. The van der Waals surface area contributed by atoms with Crippen molar-refractivity contribution in [1.29, 1.82) is 0 Å². The van der Waals surface area contributed by atoms with Crippen molar-refractivity contribution < 1.29 is 4.74 Å². The number of hydrogen-bond donors (Lipinski definition) is 1. The monoisotopic (exact) mass is 231 g/mol. The summed E-state index contributed by atoms with van der Waals surface area (Å²) >= 11 is 0. The molecule has 0 radical (unpaired) electrons. The lowest BCUT2D eigenvalue weighted by Crippen LogP contribution is -2.56. The van der Waals surface area contributed by atoms with Gasteiger partial charge in [0.25, 0.3) is 0 Å². The molecule has 0 amide bonds. The molecule has 1 spiro atoms. The quantitative estimate of drug-likeness (QED) is 0.802. The molecule has 2 fully saturated rings. The van der Waals surface area contributed by atoms with Gasteiger partial charge in [0.2, 0.25) is 0 Å². The molecule has 2 nitrogen and oxygen atoms in total. The van der Waals surface area contributed by atoms with E-state index in [2.05, 4.69) is 42.6 Å². The summed E-state index contributed by atoms with van der Waals surface area (Å²) < 4.78 is 6.55. The van der Waals surface area contributed by atoms with Gasteiger partial charge in [0.15, 0.2) is 0 Å². The molecular weight excluding hydrogens is 210 g/mol. The molecule has 1 aromatic carbocycles. The summed E-state index contributed by atoms with van der Waals surface area (Å²) in [4.78, 5) is 0. The van der Waals surface area contributed by atoms with Crippen LogP contribution in [0, 0.1) is 0 Å². The van der Waals surface area contributed by atoms with Crippen molar-refractivity contribution in [2.75, 3.05) is 13.1 Å². The number of nitrogens with one attached hydrogen (secondary N) is 1. The van der Waals surface area contributed by atoms with Crippen molar-refractivity contribution >= 4 is 0 Å². The molecule has 1 aliphatic carbocycles. The summed E-state index contributed by atoms with van der Waals surface area (Å²) in [5, 5.41) is 3.58. The summed E-state index contributed by atoms with van der Waals surface area (Å²) in [6.07, 6.45) is 5.05. The number of hydrogen-bond acceptors (Lipinski definition) is 2. The first-order chi connectivity index (χ1) is 8.23. The van der Waals surface area contributed by atoms with E-state index < -0.39 is 0 Å². The van der Waals surface area contributed by atoms with Crippen molar-refractivity contribution in [2.45, 2.75) is 43.8 Å². The van der Waals surface area contributed by atoms with Gasteiger partial charge in [0.05, 0.1) is 5.60 Å². The topological polar surface area (TPSA) is 21.3 Å². The summed E-state index contributed by atoms with van der Waals surface area (Å²) in [5.41, 5.74) is 1.23. The number of benzene rings is 1. The van der Waals surface area contributed by atoms with Gasteiger partial charge in [-0.25, -0.2) is 0 Å². The molecule has 3 rings (SSSR count). The fourth-order valence-corrected chi connectivity index (χ4v) is 3.33. The van der Waals surface area contributed by atoms with Crippen LogP contribution < -0.4 is 5.32 Å². The van der Waals surface area contributed by atoms with Gasteiger partial charge in [0.1, 0.15) is 5.60 Å². The van der Waals surface area contributed by atoms with E-state index in [0.29, 0.717) is 0 Å². The lowest BCUT2D eigenvalue weighted by atomic mass is 9.89. The van der Waals surface area contributed by atoms with Crippen LogP contribution in [0.15, 0.2) is 30.3 Å². The van der Waals surface area contributed by atoms with Crippen LogP contribution in [0.25, 0.3) is 0 Å².